The molecule has 1 rings (SSSR count). The van der Waals surface area contributed by atoms with Gasteiger partial charge in [-0.05, 0) is 43.5 Å². The Morgan fingerprint density at radius 1 is 1.33 bits per heavy atom. The summed E-state index contributed by atoms with van der Waals surface area (Å²) in [4.78, 5) is 0. The van der Waals surface area contributed by atoms with Gasteiger partial charge in [-0.2, -0.15) is 0 Å². The third kappa shape index (κ3) is 3.48. The second kappa shape index (κ2) is 6.58. The molecule has 1 aromatic rings. The smallest absolute Gasteiger partial charge is 0.120 e. The first-order valence-corrected chi connectivity index (χ1v) is 7.35. The van der Waals surface area contributed by atoms with E-state index in [0.29, 0.717) is 12.6 Å². The number of halogens is 1. The first-order valence-electron chi connectivity index (χ1n) is 6.55. The maximum Gasteiger partial charge on any atom is 0.120 e. The molecule has 0 saturated heterocycles. The zero-order valence-corrected chi connectivity index (χ0v) is 13.6. The van der Waals surface area contributed by atoms with Gasteiger partial charge >= 0.3 is 0 Å². The molecule has 0 heterocycles. The van der Waals surface area contributed by atoms with Crippen molar-refractivity contribution >= 4 is 15.9 Å². The molecule has 0 aliphatic carbocycles. The molecule has 0 amide bonds. The van der Waals surface area contributed by atoms with Gasteiger partial charge in [-0.1, -0.05) is 42.8 Å². The van der Waals surface area contributed by atoms with Crippen LogP contribution in [0.5, 0.6) is 5.75 Å². The van der Waals surface area contributed by atoms with Crippen LogP contribution in [0.3, 0.4) is 0 Å². The van der Waals surface area contributed by atoms with E-state index in [-0.39, 0.29) is 5.41 Å². The highest BCUT2D eigenvalue weighted by Gasteiger charge is 2.29. The van der Waals surface area contributed by atoms with Gasteiger partial charge in [0, 0.05) is 10.5 Å². The zero-order valence-electron chi connectivity index (χ0n) is 12.0. The SMILES string of the molecule is CCOc1ccc(C(NC)C(C)(C)CC)c(Br)c1. The first kappa shape index (κ1) is 15.5. The fraction of sp³-hybridized carbons (Fsp3) is 0.600. The minimum atomic E-state index is 0.213. The Bertz CT molecular complexity index is 390. The molecule has 3 heteroatoms. The van der Waals surface area contributed by atoms with E-state index in [0.717, 1.165) is 16.6 Å². The van der Waals surface area contributed by atoms with Crippen LogP contribution in [-0.2, 0) is 0 Å². The van der Waals surface area contributed by atoms with E-state index in [1.807, 2.05) is 20.0 Å². The fourth-order valence-electron chi connectivity index (χ4n) is 2.17. The Kier molecular flexibility index (Phi) is 5.67. The van der Waals surface area contributed by atoms with Gasteiger partial charge in [0.25, 0.3) is 0 Å². The molecule has 0 aliphatic heterocycles. The van der Waals surface area contributed by atoms with Gasteiger partial charge in [-0.15, -0.1) is 0 Å². The number of benzene rings is 1. The summed E-state index contributed by atoms with van der Waals surface area (Å²) in [7, 11) is 2.02. The quantitative estimate of drug-likeness (QED) is 0.832. The van der Waals surface area contributed by atoms with Crippen molar-refractivity contribution in [3.8, 4) is 5.75 Å². The molecule has 0 aliphatic rings. The maximum atomic E-state index is 5.52. The van der Waals surface area contributed by atoms with Crippen molar-refractivity contribution in [1.29, 1.82) is 0 Å². The predicted molar refractivity (Wildman–Crippen MR) is 81.2 cm³/mol. The van der Waals surface area contributed by atoms with Gasteiger partial charge in [0.2, 0.25) is 0 Å². The molecule has 102 valence electrons. The average molecular weight is 314 g/mol. The second-order valence-corrected chi connectivity index (χ2v) is 6.03. The molecule has 0 spiro atoms. The molecule has 1 aromatic carbocycles. The molecule has 2 nitrogen and oxygen atoms in total. The summed E-state index contributed by atoms with van der Waals surface area (Å²) in [6.07, 6.45) is 1.12. The van der Waals surface area contributed by atoms with E-state index in [9.17, 15) is 0 Å². The Labute approximate surface area is 119 Å². The number of rotatable bonds is 6. The van der Waals surface area contributed by atoms with Crippen LogP contribution >= 0.6 is 15.9 Å². The van der Waals surface area contributed by atoms with E-state index in [2.05, 4.69) is 54.2 Å². The van der Waals surface area contributed by atoms with Crippen molar-refractivity contribution in [3.63, 3.8) is 0 Å². The maximum absolute atomic E-state index is 5.52. The third-order valence-corrected chi connectivity index (χ3v) is 4.26. The molecule has 1 N–H and O–H groups in total. The van der Waals surface area contributed by atoms with Crippen LogP contribution in [0.4, 0.5) is 0 Å². The van der Waals surface area contributed by atoms with Crippen molar-refractivity contribution < 1.29 is 4.74 Å². The fourth-order valence-corrected chi connectivity index (χ4v) is 2.76. The standard InChI is InChI=1S/C15H24BrNO/c1-6-15(3,4)14(17-5)12-9-8-11(18-7-2)10-13(12)16/h8-10,14,17H,6-7H2,1-5H3. The summed E-state index contributed by atoms with van der Waals surface area (Å²) < 4.78 is 6.62. The highest BCUT2D eigenvalue weighted by Crippen LogP contribution is 2.39. The summed E-state index contributed by atoms with van der Waals surface area (Å²) in [5.41, 5.74) is 1.50. The van der Waals surface area contributed by atoms with Crippen molar-refractivity contribution in [3.05, 3.63) is 28.2 Å². The third-order valence-electron chi connectivity index (χ3n) is 3.58. The highest BCUT2D eigenvalue weighted by molar-refractivity contribution is 9.10. The van der Waals surface area contributed by atoms with Crippen molar-refractivity contribution in [1.82, 2.24) is 5.32 Å². The normalized spacial score (nSPS) is 13.4. The van der Waals surface area contributed by atoms with Gasteiger partial charge in [0.15, 0.2) is 0 Å². The van der Waals surface area contributed by atoms with Crippen molar-refractivity contribution in [2.24, 2.45) is 5.41 Å². The van der Waals surface area contributed by atoms with Gasteiger partial charge < -0.3 is 10.1 Å². The van der Waals surface area contributed by atoms with E-state index in [1.165, 1.54) is 5.56 Å². The lowest BCUT2D eigenvalue weighted by atomic mass is 9.78. The lowest BCUT2D eigenvalue weighted by Gasteiger charge is -2.34. The molecule has 0 saturated carbocycles. The summed E-state index contributed by atoms with van der Waals surface area (Å²) >= 11 is 3.66. The monoisotopic (exact) mass is 313 g/mol. The van der Waals surface area contributed by atoms with E-state index in [4.69, 9.17) is 4.74 Å². The summed E-state index contributed by atoms with van der Waals surface area (Å²) in [6, 6.07) is 6.56. The van der Waals surface area contributed by atoms with Crippen LogP contribution in [0, 0.1) is 5.41 Å². The van der Waals surface area contributed by atoms with E-state index < -0.39 is 0 Å². The van der Waals surface area contributed by atoms with Gasteiger partial charge in [0.05, 0.1) is 6.61 Å². The van der Waals surface area contributed by atoms with E-state index >= 15 is 0 Å². The van der Waals surface area contributed by atoms with Crippen LogP contribution in [-0.4, -0.2) is 13.7 Å². The van der Waals surface area contributed by atoms with Gasteiger partial charge in [-0.25, -0.2) is 0 Å². The minimum absolute atomic E-state index is 0.213. The molecular weight excluding hydrogens is 290 g/mol. The average Bonchev–Trinajstić information content (AvgIpc) is 2.33. The lowest BCUT2D eigenvalue weighted by molar-refractivity contribution is 0.244. The van der Waals surface area contributed by atoms with Crippen LogP contribution in [0.25, 0.3) is 0 Å². The summed E-state index contributed by atoms with van der Waals surface area (Å²) in [5, 5.41) is 3.43. The highest BCUT2D eigenvalue weighted by atomic mass is 79.9. The van der Waals surface area contributed by atoms with Crippen LogP contribution in [0.1, 0.15) is 45.7 Å². The molecule has 0 aromatic heterocycles. The lowest BCUT2D eigenvalue weighted by Crippen LogP contribution is -2.31. The molecule has 0 fully saturated rings. The second-order valence-electron chi connectivity index (χ2n) is 5.18. The van der Waals surface area contributed by atoms with Crippen LogP contribution in [0.15, 0.2) is 22.7 Å². The summed E-state index contributed by atoms with van der Waals surface area (Å²) in [6.45, 7) is 9.50. The topological polar surface area (TPSA) is 21.3 Å². The number of hydrogen-bond donors (Lipinski definition) is 1. The Hall–Kier alpha value is -0.540. The number of hydrogen-bond acceptors (Lipinski definition) is 2. The Morgan fingerprint density at radius 2 is 2.00 bits per heavy atom. The van der Waals surface area contributed by atoms with Crippen LogP contribution < -0.4 is 10.1 Å². The molecule has 0 radical (unpaired) electrons. The molecular formula is C15H24BrNO. The Balaban J connectivity index is 3.07. The predicted octanol–water partition coefficient (Wildman–Crippen LogP) is 4.54. The van der Waals surface area contributed by atoms with Gasteiger partial charge in [-0.3, -0.25) is 0 Å². The minimum Gasteiger partial charge on any atom is -0.494 e. The molecule has 18 heavy (non-hydrogen) atoms. The Morgan fingerprint density at radius 3 is 2.44 bits per heavy atom. The van der Waals surface area contributed by atoms with Crippen molar-refractivity contribution in [2.75, 3.05) is 13.7 Å². The first-order chi connectivity index (χ1) is 8.46. The van der Waals surface area contributed by atoms with Crippen molar-refractivity contribution in [2.45, 2.75) is 40.2 Å². The molecule has 0 bridgehead atoms. The number of nitrogens with one attached hydrogen (secondary N) is 1. The molecule has 1 atom stereocenters. The zero-order chi connectivity index (χ0) is 13.8. The largest absolute Gasteiger partial charge is 0.494 e. The summed E-state index contributed by atoms with van der Waals surface area (Å²) in [5.74, 6) is 0.914. The van der Waals surface area contributed by atoms with E-state index in [1.54, 1.807) is 0 Å². The van der Waals surface area contributed by atoms with Crippen LogP contribution in [0.2, 0.25) is 0 Å². The van der Waals surface area contributed by atoms with Gasteiger partial charge in [0.1, 0.15) is 5.75 Å². The molecule has 1 unspecified atom stereocenters. The number of ether oxygens (including phenoxy) is 1.